The molecule has 200 valence electrons. The maximum absolute atomic E-state index is 9.03. The van der Waals surface area contributed by atoms with E-state index in [-0.39, 0.29) is 0 Å². The van der Waals surface area contributed by atoms with Gasteiger partial charge < -0.3 is 14.7 Å². The Bertz CT molecular complexity index is 340. The van der Waals surface area contributed by atoms with E-state index in [1.165, 1.54) is 135 Å². The first-order valence-electron chi connectivity index (χ1n) is 15.2. The van der Waals surface area contributed by atoms with Gasteiger partial charge in [-0.2, -0.15) is 0 Å². The van der Waals surface area contributed by atoms with Crippen LogP contribution in [0.4, 0.5) is 0 Å². The van der Waals surface area contributed by atoms with E-state index in [9.17, 15) is 0 Å². The summed E-state index contributed by atoms with van der Waals surface area (Å²) >= 11 is 0. The minimum Gasteiger partial charge on any atom is -0.396 e. The van der Waals surface area contributed by atoms with Crippen LogP contribution in [0.5, 0.6) is 0 Å². The van der Waals surface area contributed by atoms with E-state index in [4.69, 9.17) is 9.84 Å². The van der Waals surface area contributed by atoms with Crippen molar-refractivity contribution >= 4 is 0 Å². The zero-order chi connectivity index (χ0) is 24.2. The number of hydrogen-bond acceptors (Lipinski definition) is 3. The Morgan fingerprint density at radius 1 is 0.545 bits per heavy atom. The van der Waals surface area contributed by atoms with Gasteiger partial charge in [0.15, 0.2) is 0 Å². The first kappa shape index (κ1) is 32.9. The molecule has 0 amide bonds. The molecule has 0 fully saturated rings. The standard InChI is InChI=1S/C30H63NO2/c1-4-7-10-16-23-30(22-9-6-3)29-33-28-21-15-13-11-12-14-18-25-31(24-17-8-5-2)26-19-20-27-32/h30,32H,4-29H2,1-3H3. The molecule has 0 radical (unpaired) electrons. The van der Waals surface area contributed by atoms with Crippen molar-refractivity contribution < 1.29 is 9.84 Å². The van der Waals surface area contributed by atoms with Gasteiger partial charge in [-0.25, -0.2) is 0 Å². The predicted octanol–water partition coefficient (Wildman–Crippen LogP) is 8.78. The minimum absolute atomic E-state index is 0.340. The third-order valence-corrected chi connectivity index (χ3v) is 7.01. The molecule has 3 nitrogen and oxygen atoms in total. The van der Waals surface area contributed by atoms with Gasteiger partial charge in [0.2, 0.25) is 0 Å². The Kier molecular flexibility index (Phi) is 28.0. The first-order valence-corrected chi connectivity index (χ1v) is 15.2. The number of hydrogen-bond donors (Lipinski definition) is 1. The second-order valence-corrected chi connectivity index (χ2v) is 10.4. The molecule has 0 aliphatic heterocycles. The predicted molar refractivity (Wildman–Crippen MR) is 147 cm³/mol. The van der Waals surface area contributed by atoms with Crippen LogP contribution in [-0.4, -0.2) is 49.5 Å². The monoisotopic (exact) mass is 469 g/mol. The third-order valence-electron chi connectivity index (χ3n) is 7.01. The average Bonchev–Trinajstić information content (AvgIpc) is 2.82. The van der Waals surface area contributed by atoms with Crippen LogP contribution in [-0.2, 0) is 4.74 Å². The van der Waals surface area contributed by atoms with Crippen LogP contribution in [0.15, 0.2) is 0 Å². The Labute approximate surface area is 209 Å². The van der Waals surface area contributed by atoms with Crippen molar-refractivity contribution in [2.24, 2.45) is 5.92 Å². The summed E-state index contributed by atoms with van der Waals surface area (Å²) in [6, 6.07) is 0. The SMILES string of the molecule is CCCCCCC(CCCC)COCCCCCCCCCN(CCCCC)CCCCO. The fourth-order valence-corrected chi connectivity index (χ4v) is 4.71. The van der Waals surface area contributed by atoms with E-state index in [0.29, 0.717) is 6.61 Å². The molecule has 0 aliphatic carbocycles. The topological polar surface area (TPSA) is 32.7 Å². The highest BCUT2D eigenvalue weighted by Crippen LogP contribution is 2.18. The molecule has 1 unspecified atom stereocenters. The zero-order valence-electron chi connectivity index (χ0n) is 23.3. The lowest BCUT2D eigenvalue weighted by Crippen LogP contribution is -2.27. The van der Waals surface area contributed by atoms with Crippen molar-refractivity contribution in [2.75, 3.05) is 39.5 Å². The minimum atomic E-state index is 0.340. The van der Waals surface area contributed by atoms with Gasteiger partial charge in [0, 0.05) is 19.8 Å². The summed E-state index contributed by atoms with van der Waals surface area (Å²) < 4.78 is 6.08. The molecular formula is C30H63NO2. The van der Waals surface area contributed by atoms with Crippen LogP contribution in [0.25, 0.3) is 0 Å². The number of aliphatic hydroxyl groups excluding tert-OH is 1. The normalized spacial score (nSPS) is 12.6. The number of ether oxygens (including phenoxy) is 1. The molecule has 0 aromatic rings. The van der Waals surface area contributed by atoms with E-state index < -0.39 is 0 Å². The van der Waals surface area contributed by atoms with Crippen molar-refractivity contribution in [1.82, 2.24) is 4.90 Å². The summed E-state index contributed by atoms with van der Waals surface area (Å²) in [5, 5.41) is 9.03. The van der Waals surface area contributed by atoms with Gasteiger partial charge in [0.25, 0.3) is 0 Å². The zero-order valence-corrected chi connectivity index (χ0v) is 23.3. The molecule has 0 spiro atoms. The van der Waals surface area contributed by atoms with Crippen molar-refractivity contribution in [3.05, 3.63) is 0 Å². The number of aliphatic hydroxyl groups is 1. The summed E-state index contributed by atoms with van der Waals surface area (Å²) in [6.45, 7) is 12.9. The molecule has 0 rings (SSSR count). The van der Waals surface area contributed by atoms with Crippen LogP contribution in [0.3, 0.4) is 0 Å². The van der Waals surface area contributed by atoms with Gasteiger partial charge in [-0.05, 0) is 70.5 Å². The third kappa shape index (κ3) is 24.8. The van der Waals surface area contributed by atoms with E-state index in [2.05, 4.69) is 25.7 Å². The Morgan fingerprint density at radius 3 is 1.67 bits per heavy atom. The lowest BCUT2D eigenvalue weighted by atomic mass is 9.96. The first-order chi connectivity index (χ1) is 16.3. The van der Waals surface area contributed by atoms with E-state index in [1.807, 2.05) is 0 Å². The van der Waals surface area contributed by atoms with Gasteiger partial charge in [-0.15, -0.1) is 0 Å². The Hall–Kier alpha value is -0.120. The molecule has 1 N–H and O–H groups in total. The van der Waals surface area contributed by atoms with E-state index in [0.717, 1.165) is 32.0 Å². The Balaban J connectivity index is 3.65. The molecule has 1 atom stereocenters. The lowest BCUT2D eigenvalue weighted by molar-refractivity contribution is 0.0881. The summed E-state index contributed by atoms with van der Waals surface area (Å²) in [6.07, 6.45) is 26.4. The average molecular weight is 470 g/mol. The summed E-state index contributed by atoms with van der Waals surface area (Å²) in [4.78, 5) is 2.64. The van der Waals surface area contributed by atoms with Crippen LogP contribution in [0, 0.1) is 5.92 Å². The van der Waals surface area contributed by atoms with Crippen LogP contribution in [0.1, 0.15) is 149 Å². The van der Waals surface area contributed by atoms with Crippen molar-refractivity contribution in [1.29, 1.82) is 0 Å². The van der Waals surface area contributed by atoms with E-state index in [1.54, 1.807) is 0 Å². The largest absolute Gasteiger partial charge is 0.396 e. The van der Waals surface area contributed by atoms with Gasteiger partial charge >= 0.3 is 0 Å². The van der Waals surface area contributed by atoms with Gasteiger partial charge in [0.05, 0.1) is 0 Å². The highest BCUT2D eigenvalue weighted by Gasteiger charge is 2.08. The molecule has 0 saturated heterocycles. The molecule has 0 bridgehead atoms. The molecule has 0 aromatic heterocycles. The van der Waals surface area contributed by atoms with Gasteiger partial charge in [0.1, 0.15) is 0 Å². The van der Waals surface area contributed by atoms with Gasteiger partial charge in [-0.3, -0.25) is 0 Å². The summed E-state index contributed by atoms with van der Waals surface area (Å²) in [5.41, 5.74) is 0. The van der Waals surface area contributed by atoms with Crippen molar-refractivity contribution in [3.63, 3.8) is 0 Å². The maximum atomic E-state index is 9.03. The second-order valence-electron chi connectivity index (χ2n) is 10.4. The quantitative estimate of drug-likeness (QED) is 0.116. The fraction of sp³-hybridized carbons (Fsp3) is 1.00. The Morgan fingerprint density at radius 2 is 1.03 bits per heavy atom. The summed E-state index contributed by atoms with van der Waals surface area (Å²) in [5.74, 6) is 0.798. The van der Waals surface area contributed by atoms with Crippen LogP contribution in [0.2, 0.25) is 0 Å². The smallest absolute Gasteiger partial charge is 0.0494 e. The summed E-state index contributed by atoms with van der Waals surface area (Å²) in [7, 11) is 0. The fourth-order valence-electron chi connectivity index (χ4n) is 4.71. The van der Waals surface area contributed by atoms with Crippen LogP contribution < -0.4 is 0 Å². The molecule has 0 aliphatic rings. The molecule has 0 aromatic carbocycles. The molecule has 0 saturated carbocycles. The number of unbranched alkanes of at least 4 members (excludes halogenated alkanes) is 13. The van der Waals surface area contributed by atoms with Crippen molar-refractivity contribution in [2.45, 2.75) is 149 Å². The lowest BCUT2D eigenvalue weighted by Gasteiger charge is -2.22. The molecule has 0 heterocycles. The molecule has 33 heavy (non-hydrogen) atoms. The number of nitrogens with zero attached hydrogens (tertiary/aromatic N) is 1. The van der Waals surface area contributed by atoms with E-state index >= 15 is 0 Å². The van der Waals surface area contributed by atoms with Crippen LogP contribution >= 0.6 is 0 Å². The number of rotatable bonds is 28. The molecule has 3 heteroatoms. The molecular weight excluding hydrogens is 406 g/mol. The highest BCUT2D eigenvalue weighted by atomic mass is 16.5. The highest BCUT2D eigenvalue weighted by molar-refractivity contribution is 4.61. The van der Waals surface area contributed by atoms with Gasteiger partial charge in [-0.1, -0.05) is 104 Å². The maximum Gasteiger partial charge on any atom is 0.0494 e. The second kappa shape index (κ2) is 28.1. The van der Waals surface area contributed by atoms with Crippen molar-refractivity contribution in [3.8, 4) is 0 Å².